The molecule has 1 aromatic rings. The first kappa shape index (κ1) is 21.1. The van der Waals surface area contributed by atoms with E-state index in [1.807, 2.05) is 4.98 Å². The van der Waals surface area contributed by atoms with Crippen LogP contribution in [0.4, 0.5) is 0 Å². The van der Waals surface area contributed by atoms with Crippen LogP contribution in [0.15, 0.2) is 21.9 Å². The van der Waals surface area contributed by atoms with Gasteiger partial charge in [0.25, 0.3) is 5.56 Å². The third-order valence-electron chi connectivity index (χ3n) is 3.55. The Hall–Kier alpha value is -1.18. The largest absolute Gasteiger partial charge is 0.481 e. The Kier molecular flexibility index (Phi) is 5.76. The monoisotopic (exact) mass is 418 g/mol. The Labute approximate surface area is 144 Å². The van der Waals surface area contributed by atoms with E-state index < -0.39 is 57.5 Å². The maximum Gasteiger partial charge on any atom is 0.481 e. The van der Waals surface area contributed by atoms with Gasteiger partial charge >= 0.3 is 21.3 Å². The molecule has 1 aromatic heterocycles. The fourth-order valence-corrected chi connectivity index (χ4v) is 3.82. The highest BCUT2D eigenvalue weighted by atomic mass is 31.3. The van der Waals surface area contributed by atoms with Crippen molar-refractivity contribution in [2.24, 2.45) is 0 Å². The standard InChI is InChI=1S/C10H16N2O12P2/c1-10(16)5(4-22-26(20,21)24-25(17,18)19)23-8(7(10)14)12-3-2-6(13)11-9(12)15/h2-3,5,7-8,14,16H,4H2,1H3,(H,20,21)(H,11,13,15)(H2,17,18,19). The first-order valence-corrected chi connectivity index (χ1v) is 9.87. The number of aliphatic hydroxyl groups is 2. The lowest BCUT2D eigenvalue weighted by Gasteiger charge is -2.26. The summed E-state index contributed by atoms with van der Waals surface area (Å²) in [6, 6.07) is 0.964. The zero-order valence-electron chi connectivity index (χ0n) is 13.0. The number of hydrogen-bond acceptors (Lipinski definition) is 9. The number of phosphoric ester groups is 1. The molecule has 16 heteroatoms. The second-order valence-corrected chi connectivity index (χ2v) is 8.37. The second-order valence-electron chi connectivity index (χ2n) is 5.54. The number of nitrogens with one attached hydrogen (secondary N) is 1. The summed E-state index contributed by atoms with van der Waals surface area (Å²) < 4.78 is 36.0. The summed E-state index contributed by atoms with van der Waals surface area (Å²) in [6.45, 7) is 0.154. The fraction of sp³-hybridized carbons (Fsp3) is 0.600. The van der Waals surface area contributed by atoms with Gasteiger partial charge in [0.2, 0.25) is 0 Å². The zero-order valence-corrected chi connectivity index (χ0v) is 14.8. The number of nitrogens with zero attached hydrogens (tertiary/aromatic N) is 1. The number of rotatable bonds is 6. The molecule has 148 valence electrons. The highest BCUT2D eigenvalue weighted by Crippen LogP contribution is 2.57. The minimum Gasteiger partial charge on any atom is -0.385 e. The van der Waals surface area contributed by atoms with Crippen molar-refractivity contribution >= 4 is 15.6 Å². The molecule has 14 nitrogen and oxygen atoms in total. The third-order valence-corrected chi connectivity index (χ3v) is 5.70. The van der Waals surface area contributed by atoms with E-state index in [0.29, 0.717) is 0 Å². The summed E-state index contributed by atoms with van der Waals surface area (Å²) in [5.41, 5.74) is -3.75. The summed E-state index contributed by atoms with van der Waals surface area (Å²) in [6.07, 6.45) is -3.70. The van der Waals surface area contributed by atoms with Crippen molar-refractivity contribution in [3.8, 4) is 0 Å². The maximum atomic E-state index is 11.8. The van der Waals surface area contributed by atoms with Gasteiger partial charge in [0, 0.05) is 12.3 Å². The van der Waals surface area contributed by atoms with Gasteiger partial charge in [-0.05, 0) is 6.92 Å². The smallest absolute Gasteiger partial charge is 0.385 e. The van der Waals surface area contributed by atoms with Crippen LogP contribution in [0, 0.1) is 0 Å². The van der Waals surface area contributed by atoms with Crippen molar-refractivity contribution in [1.29, 1.82) is 0 Å². The number of H-pyrrole nitrogens is 1. The van der Waals surface area contributed by atoms with Crippen LogP contribution in [0.25, 0.3) is 0 Å². The molecule has 5 atom stereocenters. The van der Waals surface area contributed by atoms with Gasteiger partial charge in [0.05, 0.1) is 6.61 Å². The normalized spacial score (nSPS) is 31.7. The van der Waals surface area contributed by atoms with Gasteiger partial charge in [-0.2, -0.15) is 4.31 Å². The topological polar surface area (TPSA) is 218 Å². The van der Waals surface area contributed by atoms with Crippen molar-refractivity contribution in [3.05, 3.63) is 33.1 Å². The minimum absolute atomic E-state index is 0.707. The van der Waals surface area contributed by atoms with Crippen LogP contribution in [0.5, 0.6) is 0 Å². The van der Waals surface area contributed by atoms with E-state index in [1.165, 1.54) is 0 Å². The van der Waals surface area contributed by atoms with Gasteiger partial charge in [-0.15, -0.1) is 0 Å². The molecule has 0 amide bonds. The summed E-state index contributed by atoms with van der Waals surface area (Å²) in [4.78, 5) is 51.0. The quantitative estimate of drug-likeness (QED) is 0.271. The van der Waals surface area contributed by atoms with Crippen molar-refractivity contribution in [2.75, 3.05) is 6.61 Å². The highest BCUT2D eigenvalue weighted by molar-refractivity contribution is 7.60. The molecule has 5 unspecified atom stereocenters. The number of phosphoric acid groups is 2. The molecule has 0 radical (unpaired) electrons. The average molecular weight is 418 g/mol. The molecule has 0 spiro atoms. The lowest BCUT2D eigenvalue weighted by Crippen LogP contribution is -2.47. The average Bonchev–Trinajstić information content (AvgIpc) is 2.66. The lowest BCUT2D eigenvalue weighted by molar-refractivity contribution is -0.0793. The lowest BCUT2D eigenvalue weighted by atomic mass is 9.95. The Morgan fingerprint density at radius 3 is 2.50 bits per heavy atom. The SMILES string of the molecule is CC1(O)C(COP(=O)(O)OP(=O)(O)O)OC(n2ccc(=O)[nH]c2=O)C1O. The van der Waals surface area contributed by atoms with Crippen LogP contribution in [-0.4, -0.2) is 58.9 Å². The summed E-state index contributed by atoms with van der Waals surface area (Å²) in [5, 5.41) is 20.5. The number of ether oxygens (including phenoxy) is 1. The first-order valence-electron chi connectivity index (χ1n) is 6.84. The van der Waals surface area contributed by atoms with Crippen LogP contribution in [0.1, 0.15) is 13.2 Å². The first-order chi connectivity index (χ1) is 11.7. The van der Waals surface area contributed by atoms with Crippen molar-refractivity contribution in [1.82, 2.24) is 9.55 Å². The van der Waals surface area contributed by atoms with E-state index in [-0.39, 0.29) is 0 Å². The van der Waals surface area contributed by atoms with Crippen molar-refractivity contribution < 1.29 is 47.6 Å². The number of hydrogen-bond donors (Lipinski definition) is 6. The van der Waals surface area contributed by atoms with Crippen LogP contribution in [0.3, 0.4) is 0 Å². The molecule has 0 aliphatic carbocycles. The van der Waals surface area contributed by atoms with Crippen LogP contribution >= 0.6 is 15.6 Å². The van der Waals surface area contributed by atoms with Crippen LogP contribution in [0.2, 0.25) is 0 Å². The Morgan fingerprint density at radius 2 is 1.96 bits per heavy atom. The zero-order chi connectivity index (χ0) is 19.9. The number of aromatic amines is 1. The van der Waals surface area contributed by atoms with Gasteiger partial charge in [-0.1, -0.05) is 0 Å². The van der Waals surface area contributed by atoms with Gasteiger partial charge in [0.1, 0.15) is 17.8 Å². The summed E-state index contributed by atoms with van der Waals surface area (Å²) in [5.74, 6) is 0. The molecule has 6 N–H and O–H groups in total. The maximum absolute atomic E-state index is 11.8. The van der Waals surface area contributed by atoms with Gasteiger partial charge in [0.15, 0.2) is 6.23 Å². The van der Waals surface area contributed by atoms with E-state index >= 15 is 0 Å². The molecule has 2 rings (SSSR count). The third kappa shape index (κ3) is 4.75. The minimum atomic E-state index is -5.33. The van der Waals surface area contributed by atoms with E-state index in [4.69, 9.17) is 14.5 Å². The number of aromatic nitrogens is 2. The molecule has 0 aromatic carbocycles. The molecule has 2 heterocycles. The van der Waals surface area contributed by atoms with E-state index in [9.17, 15) is 33.8 Å². The predicted octanol–water partition coefficient (Wildman–Crippen LogP) is -2.23. The molecule has 1 saturated heterocycles. The molecular weight excluding hydrogens is 402 g/mol. The van der Waals surface area contributed by atoms with Crippen LogP contribution in [-0.2, 0) is 22.7 Å². The predicted molar refractivity (Wildman–Crippen MR) is 80.8 cm³/mol. The highest BCUT2D eigenvalue weighted by Gasteiger charge is 2.54. The summed E-state index contributed by atoms with van der Waals surface area (Å²) in [7, 11) is -10.5. The Bertz CT molecular complexity index is 871. The van der Waals surface area contributed by atoms with Crippen molar-refractivity contribution in [2.45, 2.75) is 31.0 Å². The molecule has 26 heavy (non-hydrogen) atoms. The summed E-state index contributed by atoms with van der Waals surface area (Å²) >= 11 is 0. The van der Waals surface area contributed by atoms with Crippen LogP contribution < -0.4 is 11.2 Å². The second kappa shape index (κ2) is 7.09. The molecule has 0 saturated carbocycles. The van der Waals surface area contributed by atoms with E-state index in [1.54, 1.807) is 0 Å². The Balaban J connectivity index is 2.18. The van der Waals surface area contributed by atoms with Crippen molar-refractivity contribution in [3.63, 3.8) is 0 Å². The fourth-order valence-electron chi connectivity index (χ4n) is 2.23. The van der Waals surface area contributed by atoms with Gasteiger partial charge in [-0.3, -0.25) is 18.9 Å². The van der Waals surface area contributed by atoms with Gasteiger partial charge in [-0.25, -0.2) is 13.9 Å². The number of aliphatic hydroxyl groups excluding tert-OH is 1. The molecule has 1 aliphatic rings. The van der Waals surface area contributed by atoms with E-state index in [2.05, 4.69) is 8.83 Å². The molecular formula is C10H16N2O12P2. The van der Waals surface area contributed by atoms with Gasteiger partial charge < -0.3 is 29.6 Å². The molecule has 1 aliphatic heterocycles. The molecule has 1 fully saturated rings. The molecule has 0 bridgehead atoms. The Morgan fingerprint density at radius 1 is 1.35 bits per heavy atom. The van der Waals surface area contributed by atoms with E-state index in [0.717, 1.165) is 23.8 Å².